The molecule has 4 nitrogen and oxygen atoms in total. The Morgan fingerprint density at radius 2 is 2.13 bits per heavy atom. The smallest absolute Gasteiger partial charge is 0.247 e. The summed E-state index contributed by atoms with van der Waals surface area (Å²) in [6.07, 6.45) is 4.77. The van der Waals surface area contributed by atoms with Gasteiger partial charge in [0.05, 0.1) is 5.56 Å². The second-order valence-electron chi connectivity index (χ2n) is 2.58. The first-order valence-corrected chi connectivity index (χ1v) is 4.27. The first kappa shape index (κ1) is 10.7. The molecule has 2 heterocycles. The van der Waals surface area contributed by atoms with E-state index in [1.165, 1.54) is 12.3 Å². The maximum Gasteiger partial charge on any atom is 0.247 e. The van der Waals surface area contributed by atoms with Gasteiger partial charge >= 0.3 is 0 Å². The van der Waals surface area contributed by atoms with Crippen molar-refractivity contribution in [3.8, 4) is 6.07 Å². The maximum absolute atomic E-state index is 10.2. The van der Waals surface area contributed by atoms with Crippen molar-refractivity contribution < 1.29 is 0 Å². The molecule has 0 unspecified atom stereocenters. The quantitative estimate of drug-likeness (QED) is 0.695. The summed E-state index contributed by atoms with van der Waals surface area (Å²) in [6.45, 7) is 0. The van der Waals surface area contributed by atoms with Crippen molar-refractivity contribution in [1.82, 2.24) is 9.97 Å². The minimum absolute atomic E-state index is 0.0532. The highest BCUT2D eigenvalue weighted by atomic mass is 16.1. The highest BCUT2D eigenvalue weighted by Crippen LogP contribution is 1.89. The average Bonchev–Trinajstić information content (AvgIpc) is 2.32. The van der Waals surface area contributed by atoms with Crippen molar-refractivity contribution >= 4 is 0 Å². The fourth-order valence-corrected chi connectivity index (χ4v) is 0.806. The normalized spacial score (nSPS) is 8.20. The van der Waals surface area contributed by atoms with Crippen LogP contribution in [-0.2, 0) is 0 Å². The molecule has 2 aromatic rings. The Kier molecular flexibility index (Phi) is 4.34. The van der Waals surface area contributed by atoms with Gasteiger partial charge in [-0.25, -0.2) is 0 Å². The lowest BCUT2D eigenvalue weighted by Gasteiger charge is -1.79. The predicted octanol–water partition coefficient (Wildman–Crippen LogP) is 1.33. The topological polar surface area (TPSA) is 69.5 Å². The molecule has 0 aromatic carbocycles. The van der Waals surface area contributed by atoms with Crippen LogP contribution in [0.5, 0.6) is 0 Å². The molecule has 0 radical (unpaired) electrons. The Hall–Kier alpha value is -2.41. The van der Waals surface area contributed by atoms with Crippen LogP contribution in [0.1, 0.15) is 5.56 Å². The summed E-state index contributed by atoms with van der Waals surface area (Å²) in [5.74, 6) is 0. The van der Waals surface area contributed by atoms with E-state index in [0.29, 0.717) is 5.56 Å². The number of nitriles is 1. The molecule has 2 aromatic heterocycles. The van der Waals surface area contributed by atoms with Crippen molar-refractivity contribution in [3.05, 3.63) is 64.8 Å². The molecule has 0 aliphatic carbocycles. The van der Waals surface area contributed by atoms with Gasteiger partial charge in [0.15, 0.2) is 0 Å². The number of H-pyrrole nitrogens is 1. The fourth-order valence-electron chi connectivity index (χ4n) is 0.806. The molecule has 0 aliphatic heterocycles. The first-order valence-electron chi connectivity index (χ1n) is 4.27. The zero-order valence-electron chi connectivity index (χ0n) is 7.92. The van der Waals surface area contributed by atoms with Crippen LogP contribution in [0.3, 0.4) is 0 Å². The first-order chi connectivity index (χ1) is 7.33. The molecule has 0 spiro atoms. The van der Waals surface area contributed by atoms with Crippen LogP contribution in [0.4, 0.5) is 0 Å². The van der Waals surface area contributed by atoms with Gasteiger partial charge < -0.3 is 4.98 Å². The van der Waals surface area contributed by atoms with Gasteiger partial charge in [0.25, 0.3) is 0 Å². The monoisotopic (exact) mass is 199 g/mol. The van der Waals surface area contributed by atoms with Gasteiger partial charge in [-0.1, -0.05) is 6.07 Å². The third-order valence-corrected chi connectivity index (χ3v) is 1.47. The molecular weight excluding hydrogens is 190 g/mol. The minimum atomic E-state index is -0.0532. The Balaban J connectivity index is 0.000000151. The van der Waals surface area contributed by atoms with E-state index < -0.39 is 0 Å². The summed E-state index contributed by atoms with van der Waals surface area (Å²) in [4.78, 5) is 16.4. The van der Waals surface area contributed by atoms with Gasteiger partial charge in [-0.15, -0.1) is 0 Å². The molecule has 4 heteroatoms. The van der Waals surface area contributed by atoms with E-state index >= 15 is 0 Å². The molecule has 0 amide bonds. The second-order valence-corrected chi connectivity index (χ2v) is 2.58. The molecular formula is C11H9N3O. The molecule has 0 aliphatic rings. The summed E-state index contributed by atoms with van der Waals surface area (Å²) in [7, 11) is 0. The van der Waals surface area contributed by atoms with E-state index in [9.17, 15) is 4.79 Å². The van der Waals surface area contributed by atoms with Crippen LogP contribution < -0.4 is 5.56 Å². The van der Waals surface area contributed by atoms with Crippen LogP contribution in [0.15, 0.2) is 53.7 Å². The number of pyridine rings is 2. The van der Waals surface area contributed by atoms with E-state index in [1.54, 1.807) is 36.7 Å². The van der Waals surface area contributed by atoms with E-state index in [4.69, 9.17) is 5.26 Å². The van der Waals surface area contributed by atoms with Gasteiger partial charge in [-0.3, -0.25) is 9.78 Å². The Morgan fingerprint density at radius 1 is 1.27 bits per heavy atom. The molecule has 0 fully saturated rings. The van der Waals surface area contributed by atoms with Crippen molar-refractivity contribution in [3.63, 3.8) is 0 Å². The molecule has 0 bridgehead atoms. The molecule has 2 rings (SSSR count). The second kappa shape index (κ2) is 6.11. The van der Waals surface area contributed by atoms with Crippen LogP contribution in [0, 0.1) is 11.3 Å². The maximum atomic E-state index is 10.2. The Labute approximate surface area is 86.9 Å². The van der Waals surface area contributed by atoms with Crippen molar-refractivity contribution in [2.24, 2.45) is 0 Å². The lowest BCUT2D eigenvalue weighted by molar-refractivity contribution is 1.24. The lowest BCUT2D eigenvalue weighted by atomic mass is 10.3. The van der Waals surface area contributed by atoms with Gasteiger partial charge in [-0.05, 0) is 18.2 Å². The lowest BCUT2D eigenvalue weighted by Crippen LogP contribution is -1.98. The third kappa shape index (κ3) is 4.39. The molecule has 15 heavy (non-hydrogen) atoms. The standard InChI is InChI=1S/C6H4N2.C5H5NO/c7-4-6-2-1-3-8-5-6;7-5-3-1-2-4-6-5/h1-3,5H;1-4H,(H,6,7). The number of aromatic nitrogens is 2. The summed E-state index contributed by atoms with van der Waals surface area (Å²) in [5, 5.41) is 8.25. The molecule has 0 saturated carbocycles. The molecule has 74 valence electrons. The highest BCUT2D eigenvalue weighted by molar-refractivity contribution is 5.23. The van der Waals surface area contributed by atoms with E-state index in [2.05, 4.69) is 9.97 Å². The number of rotatable bonds is 0. The van der Waals surface area contributed by atoms with Crippen molar-refractivity contribution in [1.29, 1.82) is 5.26 Å². The highest BCUT2D eigenvalue weighted by Gasteiger charge is 1.80. The number of aromatic amines is 1. The summed E-state index contributed by atoms with van der Waals surface area (Å²) < 4.78 is 0. The van der Waals surface area contributed by atoms with E-state index in [0.717, 1.165) is 0 Å². The minimum Gasteiger partial charge on any atom is -0.329 e. The predicted molar refractivity (Wildman–Crippen MR) is 56.0 cm³/mol. The van der Waals surface area contributed by atoms with Crippen LogP contribution in [-0.4, -0.2) is 9.97 Å². The summed E-state index contributed by atoms with van der Waals surface area (Å²) in [5.41, 5.74) is 0.551. The summed E-state index contributed by atoms with van der Waals surface area (Å²) >= 11 is 0. The zero-order valence-corrected chi connectivity index (χ0v) is 7.92. The molecule has 1 N–H and O–H groups in total. The van der Waals surface area contributed by atoms with Crippen molar-refractivity contribution in [2.45, 2.75) is 0 Å². The van der Waals surface area contributed by atoms with Gasteiger partial charge in [0.2, 0.25) is 5.56 Å². The van der Waals surface area contributed by atoms with E-state index in [-0.39, 0.29) is 5.56 Å². The third-order valence-electron chi connectivity index (χ3n) is 1.47. The summed E-state index contributed by atoms with van der Waals surface area (Å²) in [6, 6.07) is 10.3. The molecule has 0 atom stereocenters. The zero-order chi connectivity index (χ0) is 10.9. The number of nitrogens with one attached hydrogen (secondary N) is 1. The van der Waals surface area contributed by atoms with E-state index in [1.807, 2.05) is 6.07 Å². The van der Waals surface area contributed by atoms with Gasteiger partial charge in [0, 0.05) is 24.7 Å². The van der Waals surface area contributed by atoms with Crippen LogP contribution >= 0.6 is 0 Å². The van der Waals surface area contributed by atoms with Crippen LogP contribution in [0.2, 0.25) is 0 Å². The number of nitrogens with zero attached hydrogens (tertiary/aromatic N) is 2. The van der Waals surface area contributed by atoms with Crippen LogP contribution in [0.25, 0.3) is 0 Å². The largest absolute Gasteiger partial charge is 0.329 e. The van der Waals surface area contributed by atoms with Gasteiger partial charge in [0.1, 0.15) is 6.07 Å². The Morgan fingerprint density at radius 3 is 2.47 bits per heavy atom. The number of hydrogen-bond donors (Lipinski definition) is 1. The van der Waals surface area contributed by atoms with Crippen molar-refractivity contribution in [2.75, 3.05) is 0 Å². The average molecular weight is 199 g/mol. The fraction of sp³-hybridized carbons (Fsp3) is 0. The van der Waals surface area contributed by atoms with Gasteiger partial charge in [-0.2, -0.15) is 5.26 Å². The molecule has 0 saturated heterocycles. The number of hydrogen-bond acceptors (Lipinski definition) is 3. The Bertz CT molecular complexity index is 467. The SMILES string of the molecule is N#Cc1cccnc1.O=c1cccc[nH]1.